The maximum Gasteiger partial charge on any atom is 0.469 e. The molecule has 5 aromatic carbocycles. The van der Waals surface area contributed by atoms with Crippen molar-refractivity contribution >= 4 is 82.3 Å². The number of phosphoric ester groups is 1. The number of piperazine rings is 1. The van der Waals surface area contributed by atoms with Gasteiger partial charge in [0.25, 0.3) is 5.69 Å². The molecule has 412 valence electrons. The summed E-state index contributed by atoms with van der Waals surface area (Å²) < 4.78 is 81.8. The number of rotatable bonds is 22. The fourth-order valence-electron chi connectivity index (χ4n) is 10.2. The number of piperidine rings is 1. The number of nitro benzene ring substituents is 1. The van der Waals surface area contributed by atoms with Crippen molar-refractivity contribution in [2.75, 3.05) is 84.6 Å². The van der Waals surface area contributed by atoms with E-state index in [2.05, 4.69) is 25.1 Å². The lowest BCUT2D eigenvalue weighted by atomic mass is 9.99. The molecule has 2 atom stereocenters. The van der Waals surface area contributed by atoms with Crippen molar-refractivity contribution in [3.63, 3.8) is 0 Å². The van der Waals surface area contributed by atoms with Crippen LogP contribution in [0.1, 0.15) is 51.8 Å². The molecular weight excluding hydrogens is 1090 g/mol. The standard InChI is InChI=1S/C54H65ClFN7O10P2S2/c1-6-72-74(66,48-20-21-50(51(35-48)63(64)65)57-44(36-76-49-10-8-7-9-11-49)22-25-59-26-23-47(24-27-59)73-75(67,68)69)58-43-16-18-45(19-17-43)60-28-30-61(31-29-60)46-33-40(32-42(56)34-46)52-53(39-12-14-41(55)15-13-39)62(37(2)3)38(4)54(52)77(5,70)71/h7-21,32-35,37,44,47,57H,6,22-31,36H2,1-5H3,(H,58,66)(H2,67,68,69)/t44-,74?/m1/s1. The summed E-state index contributed by atoms with van der Waals surface area (Å²) in [6, 6.07) is 33.2. The van der Waals surface area contributed by atoms with Crippen LogP contribution in [0.25, 0.3) is 22.4 Å². The number of nitro groups is 1. The van der Waals surface area contributed by atoms with Crippen LogP contribution >= 0.6 is 38.7 Å². The van der Waals surface area contributed by atoms with Crippen molar-refractivity contribution in [1.82, 2.24) is 9.47 Å². The van der Waals surface area contributed by atoms with Gasteiger partial charge in [-0.1, -0.05) is 41.9 Å². The number of aromatic nitrogens is 1. The third-order valence-electron chi connectivity index (χ3n) is 13.7. The molecular formula is C54H65ClFN7O10P2S2. The number of anilines is 4. The predicted molar refractivity (Wildman–Crippen MR) is 307 cm³/mol. The fourth-order valence-corrected chi connectivity index (χ4v) is 14.9. The molecule has 17 nitrogen and oxygen atoms in total. The predicted octanol–water partition coefficient (Wildman–Crippen LogP) is 11.6. The van der Waals surface area contributed by atoms with Crippen molar-refractivity contribution in [3.05, 3.63) is 142 Å². The topological polar surface area (TPSA) is 209 Å². The maximum absolute atomic E-state index is 15.8. The first-order valence-corrected chi connectivity index (χ1v) is 31.8. The molecule has 23 heteroatoms. The number of nitrogens with one attached hydrogen (secondary N) is 2. The summed E-state index contributed by atoms with van der Waals surface area (Å²) in [6.07, 6.45) is 2.20. The maximum atomic E-state index is 15.8. The molecule has 2 aliphatic rings. The molecule has 2 aliphatic heterocycles. The average Bonchev–Trinajstić information content (AvgIpc) is 3.71. The van der Waals surface area contributed by atoms with Gasteiger partial charge in [-0.15, -0.1) is 11.8 Å². The van der Waals surface area contributed by atoms with E-state index in [-0.39, 0.29) is 40.3 Å². The molecule has 0 spiro atoms. The lowest BCUT2D eigenvalue weighted by Gasteiger charge is -2.37. The summed E-state index contributed by atoms with van der Waals surface area (Å²) >= 11 is 7.88. The van der Waals surface area contributed by atoms with E-state index in [0.717, 1.165) is 16.1 Å². The first-order chi connectivity index (χ1) is 36.6. The highest BCUT2D eigenvalue weighted by Gasteiger charge is 2.33. The Hall–Kier alpha value is -5.24. The molecule has 0 radical (unpaired) electrons. The Balaban J connectivity index is 0.956. The van der Waals surface area contributed by atoms with Gasteiger partial charge in [-0.25, -0.2) is 17.4 Å². The van der Waals surface area contributed by atoms with Crippen molar-refractivity contribution in [1.29, 1.82) is 0 Å². The van der Waals surface area contributed by atoms with E-state index in [1.54, 1.807) is 62.0 Å². The summed E-state index contributed by atoms with van der Waals surface area (Å²) in [5.41, 5.74) is 4.85. The Morgan fingerprint density at radius 1 is 0.870 bits per heavy atom. The van der Waals surface area contributed by atoms with Crippen LogP contribution in [0.5, 0.6) is 0 Å². The minimum atomic E-state index is -4.59. The van der Waals surface area contributed by atoms with Gasteiger partial charge >= 0.3 is 15.3 Å². The van der Waals surface area contributed by atoms with Crippen LogP contribution in [-0.4, -0.2) is 109 Å². The monoisotopic (exact) mass is 1150 g/mol. The zero-order chi connectivity index (χ0) is 55.2. The van der Waals surface area contributed by atoms with Crippen LogP contribution in [0.15, 0.2) is 125 Å². The third-order valence-corrected chi connectivity index (χ3v) is 19.1. The van der Waals surface area contributed by atoms with Crippen LogP contribution in [0.3, 0.4) is 0 Å². The van der Waals surface area contributed by atoms with Gasteiger partial charge in [-0.2, -0.15) is 0 Å². The highest BCUT2D eigenvalue weighted by atomic mass is 35.5. The number of benzene rings is 5. The van der Waals surface area contributed by atoms with E-state index in [1.165, 1.54) is 24.5 Å². The van der Waals surface area contributed by atoms with E-state index in [1.807, 2.05) is 79.1 Å². The van der Waals surface area contributed by atoms with Crippen LogP contribution < -0.4 is 25.5 Å². The molecule has 0 saturated carbocycles. The first-order valence-electron chi connectivity index (χ1n) is 25.4. The second-order valence-electron chi connectivity index (χ2n) is 19.5. The lowest BCUT2D eigenvalue weighted by molar-refractivity contribution is -0.383. The van der Waals surface area contributed by atoms with Gasteiger partial charge in [0.15, 0.2) is 9.84 Å². The molecule has 0 aliphatic carbocycles. The molecule has 0 amide bonds. The minimum absolute atomic E-state index is 0.0570. The number of halogens is 2. The molecule has 2 fully saturated rings. The highest BCUT2D eigenvalue weighted by Crippen LogP contribution is 2.48. The Morgan fingerprint density at radius 3 is 2.12 bits per heavy atom. The Morgan fingerprint density at radius 2 is 1.52 bits per heavy atom. The molecule has 77 heavy (non-hydrogen) atoms. The first kappa shape index (κ1) is 57.9. The quantitative estimate of drug-likeness (QED) is 0.0216. The molecule has 6 aromatic rings. The van der Waals surface area contributed by atoms with Gasteiger partial charge in [0.05, 0.1) is 33.5 Å². The Labute approximate surface area is 458 Å². The smallest absolute Gasteiger partial charge is 0.376 e. The lowest BCUT2D eigenvalue weighted by Crippen LogP contribution is -2.46. The molecule has 8 rings (SSSR count). The summed E-state index contributed by atoms with van der Waals surface area (Å²) in [5, 5.41) is 19.8. The SMILES string of the molecule is CCOP(=O)(Nc1ccc(N2CCN(c3cc(F)cc(-c4c(S(C)(=O)=O)c(C)n(C(C)C)c4-c4ccc(Cl)cc4)c3)CC2)cc1)c1ccc(N[C@H](CCN2CCC(OP(=O)(O)O)CC2)CSc2ccccc2)c([N+](=O)[O-])c1. The summed E-state index contributed by atoms with van der Waals surface area (Å²) in [7, 11) is -12.3. The van der Waals surface area contributed by atoms with Crippen molar-refractivity contribution in [2.24, 2.45) is 0 Å². The number of nitrogens with zero attached hydrogens (tertiary/aromatic N) is 5. The normalized spacial score (nSPS) is 16.1. The highest BCUT2D eigenvalue weighted by molar-refractivity contribution is 7.99. The molecule has 2 saturated heterocycles. The van der Waals surface area contributed by atoms with Crippen molar-refractivity contribution in [2.45, 2.75) is 74.9 Å². The molecule has 1 unspecified atom stereocenters. The number of phosphoric acid groups is 1. The van der Waals surface area contributed by atoms with Crippen molar-refractivity contribution < 1.29 is 45.7 Å². The summed E-state index contributed by atoms with van der Waals surface area (Å²) in [4.78, 5) is 38.4. The van der Waals surface area contributed by atoms with E-state index in [0.29, 0.717) is 110 Å². The van der Waals surface area contributed by atoms with E-state index in [9.17, 15) is 37.4 Å². The van der Waals surface area contributed by atoms with Gasteiger partial charge in [-0.3, -0.25) is 19.2 Å². The van der Waals surface area contributed by atoms with Gasteiger partial charge in [0.1, 0.15) is 11.5 Å². The Bertz CT molecular complexity index is 3250. The Kier molecular flexibility index (Phi) is 18.7. The summed E-state index contributed by atoms with van der Waals surface area (Å²) in [6.45, 7) is 11.5. The van der Waals surface area contributed by atoms with Crippen LogP contribution in [0.2, 0.25) is 5.02 Å². The molecule has 4 N–H and O–H groups in total. The molecule has 3 heterocycles. The van der Waals surface area contributed by atoms with Crippen LogP contribution in [0, 0.1) is 22.9 Å². The third kappa shape index (κ3) is 14.5. The second kappa shape index (κ2) is 24.8. The van der Waals surface area contributed by atoms with E-state index < -0.39 is 42.0 Å². The van der Waals surface area contributed by atoms with Gasteiger partial charge in [0, 0.05) is 114 Å². The van der Waals surface area contributed by atoms with Crippen molar-refractivity contribution in [3.8, 4) is 22.4 Å². The zero-order valence-corrected chi connectivity index (χ0v) is 47.7. The zero-order valence-electron chi connectivity index (χ0n) is 43.6. The minimum Gasteiger partial charge on any atom is -0.376 e. The van der Waals surface area contributed by atoms with Gasteiger partial charge in [0.2, 0.25) is 0 Å². The van der Waals surface area contributed by atoms with Gasteiger partial charge in [-0.05, 0) is 137 Å². The second-order valence-corrected chi connectivity index (χ2v) is 26.3. The molecule has 1 aromatic heterocycles. The van der Waals surface area contributed by atoms with E-state index >= 15 is 4.39 Å². The van der Waals surface area contributed by atoms with Crippen LogP contribution in [-0.2, 0) is 28.0 Å². The van der Waals surface area contributed by atoms with Crippen LogP contribution in [0.4, 0.5) is 32.8 Å². The number of sulfone groups is 1. The summed E-state index contributed by atoms with van der Waals surface area (Å²) in [5.74, 6) is 0.0853. The number of likely N-dealkylation sites (tertiary alicyclic amines) is 1. The number of thioether (sulfide) groups is 1. The average molecular weight is 1150 g/mol. The number of hydrogen-bond acceptors (Lipinski definition) is 13. The number of hydrogen-bond donors (Lipinski definition) is 4. The fraction of sp³-hybridized carbons (Fsp3) is 0.370. The molecule has 0 bridgehead atoms. The van der Waals surface area contributed by atoms with Gasteiger partial charge < -0.3 is 44.0 Å². The van der Waals surface area contributed by atoms with E-state index in [4.69, 9.17) is 20.6 Å². The largest absolute Gasteiger partial charge is 0.469 e.